The summed E-state index contributed by atoms with van der Waals surface area (Å²) in [6.07, 6.45) is 0.881. The number of hydrogen-bond acceptors (Lipinski definition) is 7. The van der Waals surface area contributed by atoms with Gasteiger partial charge in [0.2, 0.25) is 0 Å². The third-order valence-electron chi connectivity index (χ3n) is 4.45. The van der Waals surface area contributed by atoms with Gasteiger partial charge in [-0.25, -0.2) is 0 Å². The predicted molar refractivity (Wildman–Crippen MR) is 99.3 cm³/mol. The molecule has 1 saturated heterocycles. The fourth-order valence-corrected chi connectivity index (χ4v) is 2.93. The fourth-order valence-electron chi connectivity index (χ4n) is 2.93. The molecule has 1 aromatic carbocycles. The van der Waals surface area contributed by atoms with Gasteiger partial charge in [0, 0.05) is 31.3 Å². The maximum absolute atomic E-state index is 12.3. The molecule has 0 radical (unpaired) electrons. The van der Waals surface area contributed by atoms with Gasteiger partial charge in [0.25, 0.3) is 5.91 Å². The first-order valence-electron chi connectivity index (χ1n) is 8.98. The van der Waals surface area contributed by atoms with Crippen LogP contribution in [0.1, 0.15) is 16.9 Å². The van der Waals surface area contributed by atoms with Crippen LogP contribution in [0.4, 0.5) is 0 Å². The smallest absolute Gasteiger partial charge is 0.273 e. The highest BCUT2D eigenvalue weighted by Gasteiger charge is 2.15. The first kappa shape index (κ1) is 19.2. The van der Waals surface area contributed by atoms with E-state index in [-0.39, 0.29) is 11.6 Å². The summed E-state index contributed by atoms with van der Waals surface area (Å²) in [5.74, 6) is 1.46. The normalized spacial score (nSPS) is 14.7. The average Bonchev–Trinajstić information content (AvgIpc) is 3.21. The van der Waals surface area contributed by atoms with Crippen molar-refractivity contribution < 1.29 is 23.5 Å². The molecule has 1 amide bonds. The zero-order valence-corrected chi connectivity index (χ0v) is 15.7. The Morgan fingerprint density at radius 2 is 1.96 bits per heavy atom. The summed E-state index contributed by atoms with van der Waals surface area (Å²) in [7, 11) is 3.14. The number of carbonyl (C=O) groups is 1. The average molecular weight is 375 g/mol. The number of nitrogens with one attached hydrogen (secondary N) is 1. The van der Waals surface area contributed by atoms with Crippen LogP contribution in [-0.4, -0.2) is 69.6 Å². The molecule has 1 fully saturated rings. The van der Waals surface area contributed by atoms with Crippen LogP contribution < -0.4 is 14.8 Å². The number of amides is 1. The van der Waals surface area contributed by atoms with Gasteiger partial charge in [-0.05, 0) is 31.2 Å². The summed E-state index contributed by atoms with van der Waals surface area (Å²) in [4.78, 5) is 14.6. The van der Waals surface area contributed by atoms with E-state index < -0.39 is 0 Å². The molecule has 146 valence electrons. The highest BCUT2D eigenvalue weighted by atomic mass is 16.5. The molecule has 0 bridgehead atoms. The molecule has 1 aliphatic rings. The van der Waals surface area contributed by atoms with E-state index >= 15 is 0 Å². The van der Waals surface area contributed by atoms with Crippen LogP contribution in [0, 0.1) is 0 Å². The van der Waals surface area contributed by atoms with Crippen molar-refractivity contribution in [3.63, 3.8) is 0 Å². The van der Waals surface area contributed by atoms with E-state index in [4.69, 9.17) is 18.7 Å². The topological polar surface area (TPSA) is 86.1 Å². The van der Waals surface area contributed by atoms with E-state index in [0.717, 1.165) is 44.8 Å². The maximum Gasteiger partial charge on any atom is 0.273 e. The van der Waals surface area contributed by atoms with Crippen molar-refractivity contribution in [2.45, 2.75) is 6.42 Å². The molecule has 0 saturated carbocycles. The zero-order chi connectivity index (χ0) is 19.1. The maximum atomic E-state index is 12.3. The van der Waals surface area contributed by atoms with Crippen molar-refractivity contribution in [1.29, 1.82) is 0 Å². The Labute approximate surface area is 158 Å². The van der Waals surface area contributed by atoms with E-state index in [0.29, 0.717) is 23.8 Å². The standard InChI is InChI=1S/C19H25N3O5/c1-24-16-5-4-14(12-18(16)25-2)17-13-15(21-27-17)19(23)20-6-3-7-22-8-10-26-11-9-22/h4-5,12-13H,3,6-11H2,1-2H3,(H,20,23). The Morgan fingerprint density at radius 3 is 2.70 bits per heavy atom. The highest BCUT2D eigenvalue weighted by Crippen LogP contribution is 2.32. The molecule has 0 spiro atoms. The Morgan fingerprint density at radius 1 is 1.19 bits per heavy atom. The van der Waals surface area contributed by atoms with Crippen molar-refractivity contribution >= 4 is 5.91 Å². The Balaban J connectivity index is 1.53. The van der Waals surface area contributed by atoms with E-state index in [1.54, 1.807) is 32.4 Å². The minimum absolute atomic E-state index is 0.243. The molecule has 0 aliphatic carbocycles. The minimum atomic E-state index is -0.243. The molecule has 8 heteroatoms. The lowest BCUT2D eigenvalue weighted by Crippen LogP contribution is -2.38. The molecule has 2 aromatic rings. The van der Waals surface area contributed by atoms with Crippen molar-refractivity contribution in [2.24, 2.45) is 0 Å². The summed E-state index contributed by atoms with van der Waals surface area (Å²) in [6.45, 7) is 5.00. The number of methoxy groups -OCH3 is 2. The van der Waals surface area contributed by atoms with Gasteiger partial charge in [0.15, 0.2) is 23.0 Å². The number of hydrogen-bond donors (Lipinski definition) is 1. The van der Waals surface area contributed by atoms with E-state index in [2.05, 4.69) is 15.4 Å². The van der Waals surface area contributed by atoms with Gasteiger partial charge in [-0.3, -0.25) is 9.69 Å². The van der Waals surface area contributed by atoms with Crippen molar-refractivity contribution in [3.05, 3.63) is 30.0 Å². The van der Waals surface area contributed by atoms with Gasteiger partial charge in [0.1, 0.15) is 0 Å². The van der Waals surface area contributed by atoms with Crippen LogP contribution in [0.15, 0.2) is 28.8 Å². The zero-order valence-electron chi connectivity index (χ0n) is 15.7. The molecule has 8 nitrogen and oxygen atoms in total. The highest BCUT2D eigenvalue weighted by molar-refractivity contribution is 5.93. The quantitative estimate of drug-likeness (QED) is 0.704. The van der Waals surface area contributed by atoms with Gasteiger partial charge in [-0.15, -0.1) is 0 Å². The molecule has 0 unspecified atom stereocenters. The Bertz CT molecular complexity index is 756. The van der Waals surface area contributed by atoms with Crippen LogP contribution >= 0.6 is 0 Å². The van der Waals surface area contributed by atoms with Gasteiger partial charge in [-0.2, -0.15) is 0 Å². The third kappa shape index (κ3) is 4.99. The number of morpholine rings is 1. The summed E-state index contributed by atoms with van der Waals surface area (Å²) in [5.41, 5.74) is 1.01. The molecule has 2 heterocycles. The summed E-state index contributed by atoms with van der Waals surface area (Å²) >= 11 is 0. The second kappa shape index (κ2) is 9.38. The molecule has 27 heavy (non-hydrogen) atoms. The first-order valence-corrected chi connectivity index (χ1v) is 8.98. The third-order valence-corrected chi connectivity index (χ3v) is 4.45. The molecular formula is C19H25N3O5. The number of rotatable bonds is 8. The minimum Gasteiger partial charge on any atom is -0.493 e. The summed E-state index contributed by atoms with van der Waals surface area (Å²) < 4.78 is 21.2. The number of carbonyl (C=O) groups excluding carboxylic acids is 1. The predicted octanol–water partition coefficient (Wildman–Crippen LogP) is 1.81. The lowest BCUT2D eigenvalue weighted by molar-refractivity contribution is 0.0374. The summed E-state index contributed by atoms with van der Waals surface area (Å²) in [6, 6.07) is 7.01. The Kier molecular flexibility index (Phi) is 6.67. The molecule has 3 rings (SSSR count). The first-order chi connectivity index (χ1) is 13.2. The number of benzene rings is 1. The van der Waals surface area contributed by atoms with Gasteiger partial charge in [0.05, 0.1) is 27.4 Å². The fraction of sp³-hybridized carbons (Fsp3) is 0.474. The van der Waals surface area contributed by atoms with Gasteiger partial charge in [-0.1, -0.05) is 5.16 Å². The van der Waals surface area contributed by atoms with Crippen molar-refractivity contribution in [2.75, 3.05) is 53.6 Å². The van der Waals surface area contributed by atoms with E-state index in [9.17, 15) is 4.79 Å². The van der Waals surface area contributed by atoms with E-state index in [1.165, 1.54) is 0 Å². The second-order valence-electron chi connectivity index (χ2n) is 6.21. The Hall–Kier alpha value is -2.58. The second-order valence-corrected chi connectivity index (χ2v) is 6.21. The lowest BCUT2D eigenvalue weighted by atomic mass is 10.1. The molecule has 1 aliphatic heterocycles. The number of aromatic nitrogens is 1. The van der Waals surface area contributed by atoms with Crippen LogP contribution in [-0.2, 0) is 4.74 Å². The summed E-state index contributed by atoms with van der Waals surface area (Å²) in [5, 5.41) is 6.75. The van der Waals surface area contributed by atoms with Crippen LogP contribution in [0.2, 0.25) is 0 Å². The molecule has 0 atom stereocenters. The molecule has 1 N–H and O–H groups in total. The molecule has 1 aromatic heterocycles. The SMILES string of the molecule is COc1ccc(-c2cc(C(=O)NCCCN3CCOCC3)no2)cc1OC. The van der Waals surface area contributed by atoms with Crippen LogP contribution in [0.25, 0.3) is 11.3 Å². The van der Waals surface area contributed by atoms with Crippen molar-refractivity contribution in [3.8, 4) is 22.8 Å². The van der Waals surface area contributed by atoms with Crippen LogP contribution in [0.3, 0.4) is 0 Å². The van der Waals surface area contributed by atoms with E-state index in [1.807, 2.05) is 6.07 Å². The van der Waals surface area contributed by atoms with Gasteiger partial charge < -0.3 is 24.1 Å². The van der Waals surface area contributed by atoms with Gasteiger partial charge >= 0.3 is 0 Å². The number of ether oxygens (including phenoxy) is 3. The molecular weight excluding hydrogens is 350 g/mol. The van der Waals surface area contributed by atoms with Crippen LogP contribution in [0.5, 0.6) is 11.5 Å². The lowest BCUT2D eigenvalue weighted by Gasteiger charge is -2.26. The monoisotopic (exact) mass is 375 g/mol. The largest absolute Gasteiger partial charge is 0.493 e. The number of nitrogens with zero attached hydrogens (tertiary/aromatic N) is 2. The van der Waals surface area contributed by atoms with Crippen molar-refractivity contribution in [1.82, 2.24) is 15.4 Å².